The quantitative estimate of drug-likeness (QED) is 0.219. The smallest absolute Gasteiger partial charge is 0.469 e. The van der Waals surface area contributed by atoms with E-state index in [-0.39, 0.29) is 22.4 Å². The van der Waals surface area contributed by atoms with Crippen LogP contribution in [0.1, 0.15) is 40.2 Å². The van der Waals surface area contributed by atoms with Crippen LogP contribution in [0, 0.1) is 17.1 Å². The number of ether oxygens (including phenoxy) is 3. The number of nitriles is 1. The Hall–Kier alpha value is -3.31. The van der Waals surface area contributed by atoms with Gasteiger partial charge in [0.05, 0.1) is 29.3 Å². The van der Waals surface area contributed by atoms with Crippen LogP contribution in [0.15, 0.2) is 30.3 Å². The number of phosphoric acid groups is 1. The van der Waals surface area contributed by atoms with E-state index in [4.69, 9.17) is 35.6 Å². The first-order chi connectivity index (χ1) is 19.5. The highest BCUT2D eigenvalue weighted by Gasteiger charge is 2.24. The number of benzene rings is 2. The molecule has 0 spiro atoms. The van der Waals surface area contributed by atoms with Gasteiger partial charge in [-0.05, 0) is 58.9 Å². The molecule has 226 valence electrons. The number of halogens is 2. The van der Waals surface area contributed by atoms with Gasteiger partial charge in [0, 0.05) is 17.2 Å². The molecule has 0 bridgehead atoms. The second kappa shape index (κ2) is 13.8. The van der Waals surface area contributed by atoms with Crippen molar-refractivity contribution in [3.8, 4) is 38.7 Å². The van der Waals surface area contributed by atoms with Gasteiger partial charge in [0.2, 0.25) is 0 Å². The van der Waals surface area contributed by atoms with Crippen LogP contribution < -0.4 is 14.8 Å². The van der Waals surface area contributed by atoms with Gasteiger partial charge in [0.15, 0.2) is 11.6 Å². The minimum atomic E-state index is -4.87. The van der Waals surface area contributed by atoms with E-state index in [1.54, 1.807) is 39.0 Å². The molecule has 0 unspecified atom stereocenters. The first kappa shape index (κ1) is 33.2. The molecule has 0 radical (unpaired) electrons. The molecule has 42 heavy (non-hydrogen) atoms. The van der Waals surface area contributed by atoms with Gasteiger partial charge in [-0.25, -0.2) is 13.8 Å². The normalized spacial score (nSPS) is 12.5. The zero-order valence-electron chi connectivity index (χ0n) is 23.3. The maximum Gasteiger partial charge on any atom is 0.469 e. The van der Waals surface area contributed by atoms with E-state index in [0.29, 0.717) is 26.9 Å². The Morgan fingerprint density at radius 1 is 1.17 bits per heavy atom. The minimum absolute atomic E-state index is 0.0793. The summed E-state index contributed by atoms with van der Waals surface area (Å²) in [5.74, 6) is -0.668. The zero-order chi connectivity index (χ0) is 31.2. The second-order valence-corrected chi connectivity index (χ2v) is 12.7. The Labute approximate surface area is 250 Å². The lowest BCUT2D eigenvalue weighted by Crippen LogP contribution is -2.44. The lowest BCUT2D eigenvalue weighted by atomic mass is 10.1. The molecule has 3 aromatic rings. The number of hydrogen-bond donors (Lipinski definition) is 3. The summed E-state index contributed by atoms with van der Waals surface area (Å²) in [5.41, 5.74) is 0.334. The van der Waals surface area contributed by atoms with Crippen molar-refractivity contribution in [3.63, 3.8) is 0 Å². The van der Waals surface area contributed by atoms with Crippen LogP contribution in [0.2, 0.25) is 5.02 Å². The van der Waals surface area contributed by atoms with Crippen molar-refractivity contribution in [2.45, 2.75) is 52.4 Å². The number of aromatic nitrogens is 2. The third kappa shape index (κ3) is 9.90. The Kier molecular flexibility index (Phi) is 10.9. The highest BCUT2D eigenvalue weighted by molar-refractivity contribution is 7.46. The summed E-state index contributed by atoms with van der Waals surface area (Å²) < 4.78 is 46.9. The van der Waals surface area contributed by atoms with Crippen LogP contribution in [0.25, 0.3) is 21.1 Å². The fourth-order valence-corrected chi connectivity index (χ4v) is 4.89. The van der Waals surface area contributed by atoms with E-state index in [1.807, 2.05) is 13.8 Å². The molecular formula is C26H29ClFN4O8PS. The highest BCUT2D eigenvalue weighted by Crippen LogP contribution is 2.38. The summed E-state index contributed by atoms with van der Waals surface area (Å²) >= 11 is 7.55. The molecule has 0 saturated heterocycles. The van der Waals surface area contributed by atoms with E-state index in [1.165, 1.54) is 6.07 Å². The van der Waals surface area contributed by atoms with Crippen LogP contribution in [0.4, 0.5) is 9.18 Å². The lowest BCUT2D eigenvalue weighted by molar-refractivity contribution is 0.0452. The SMILES string of the molecule is CC(C)Oc1ccc(-c2nnc(-c3cc(F)c(OC[C@@H](COP(=O)(O)O)NC(=O)OC(C)(C)C)cc3Cl)s2)cc1C#N. The van der Waals surface area contributed by atoms with Gasteiger partial charge >= 0.3 is 13.9 Å². The number of hydrogen-bond acceptors (Lipinski definition) is 10. The van der Waals surface area contributed by atoms with E-state index in [2.05, 4.69) is 26.1 Å². The van der Waals surface area contributed by atoms with Crippen molar-refractivity contribution < 1.29 is 42.3 Å². The third-order valence-corrected chi connectivity index (χ3v) is 6.80. The summed E-state index contributed by atoms with van der Waals surface area (Å²) in [5, 5.41) is 21.0. The van der Waals surface area contributed by atoms with Crippen molar-refractivity contribution in [1.29, 1.82) is 5.26 Å². The van der Waals surface area contributed by atoms with Gasteiger partial charge in [-0.2, -0.15) is 5.26 Å². The van der Waals surface area contributed by atoms with E-state index < -0.39 is 44.6 Å². The Balaban J connectivity index is 1.78. The summed E-state index contributed by atoms with van der Waals surface area (Å²) in [6.07, 6.45) is -1.00. The standard InChI is InChI=1S/C26H29ClFN4O8PS/c1-14(2)39-21-7-6-15(8-16(21)11-29)23-31-32-24(42-23)18-9-20(28)22(10-19(18)27)37-12-17(13-38-41(34,35)36)30-25(33)40-26(3,4)5/h6-10,14,17H,12-13H2,1-5H3,(H,30,33)(H2,34,35,36)/t17-/m0/s1. The van der Waals surface area contributed by atoms with Crippen LogP contribution in [-0.4, -0.2) is 57.0 Å². The molecule has 0 aliphatic carbocycles. The number of alkyl carbamates (subject to hydrolysis) is 1. The van der Waals surface area contributed by atoms with Gasteiger partial charge in [0.1, 0.15) is 34.0 Å². The lowest BCUT2D eigenvalue weighted by Gasteiger charge is -2.24. The van der Waals surface area contributed by atoms with Crippen molar-refractivity contribution >= 4 is 36.9 Å². The molecule has 1 heterocycles. The van der Waals surface area contributed by atoms with Crippen molar-refractivity contribution in [1.82, 2.24) is 15.5 Å². The number of amides is 1. The Morgan fingerprint density at radius 2 is 1.86 bits per heavy atom. The molecule has 16 heteroatoms. The summed E-state index contributed by atoms with van der Waals surface area (Å²) in [6, 6.07) is 8.31. The number of phosphoric ester groups is 1. The fourth-order valence-electron chi connectivity index (χ4n) is 3.34. The summed E-state index contributed by atoms with van der Waals surface area (Å²) in [6.45, 7) is 7.51. The molecule has 3 N–H and O–H groups in total. The van der Waals surface area contributed by atoms with Gasteiger partial charge in [-0.1, -0.05) is 22.9 Å². The van der Waals surface area contributed by atoms with Gasteiger partial charge in [-0.15, -0.1) is 10.2 Å². The molecule has 0 saturated carbocycles. The van der Waals surface area contributed by atoms with Crippen molar-refractivity contribution in [2.24, 2.45) is 0 Å². The molecule has 1 amide bonds. The van der Waals surface area contributed by atoms with E-state index in [9.17, 15) is 14.6 Å². The van der Waals surface area contributed by atoms with Gasteiger partial charge < -0.3 is 29.3 Å². The molecule has 1 aromatic heterocycles. The zero-order valence-corrected chi connectivity index (χ0v) is 25.7. The fraction of sp³-hybridized carbons (Fsp3) is 0.385. The molecule has 0 aliphatic rings. The average Bonchev–Trinajstić information content (AvgIpc) is 3.35. The number of nitrogens with one attached hydrogen (secondary N) is 1. The predicted molar refractivity (Wildman–Crippen MR) is 153 cm³/mol. The molecule has 0 aliphatic heterocycles. The minimum Gasteiger partial charge on any atom is -0.490 e. The number of carbonyl (C=O) groups excluding carboxylic acids is 1. The van der Waals surface area contributed by atoms with E-state index in [0.717, 1.165) is 17.4 Å². The van der Waals surface area contributed by atoms with Gasteiger partial charge in [-0.3, -0.25) is 4.52 Å². The predicted octanol–water partition coefficient (Wildman–Crippen LogP) is 5.70. The van der Waals surface area contributed by atoms with Crippen LogP contribution in [0.5, 0.6) is 11.5 Å². The summed E-state index contributed by atoms with van der Waals surface area (Å²) in [4.78, 5) is 30.2. The van der Waals surface area contributed by atoms with Crippen LogP contribution in [0.3, 0.4) is 0 Å². The molecule has 3 rings (SSSR count). The highest BCUT2D eigenvalue weighted by atomic mass is 35.5. The van der Waals surface area contributed by atoms with Crippen LogP contribution >= 0.6 is 30.8 Å². The Morgan fingerprint density at radius 3 is 2.48 bits per heavy atom. The maximum absolute atomic E-state index is 15.1. The number of carbonyl (C=O) groups is 1. The summed E-state index contributed by atoms with van der Waals surface area (Å²) in [7, 11) is -4.87. The molecule has 0 fully saturated rings. The van der Waals surface area contributed by atoms with Crippen LogP contribution in [-0.2, 0) is 13.8 Å². The third-order valence-electron chi connectivity index (χ3n) is 4.99. The number of rotatable bonds is 11. The molecule has 2 aromatic carbocycles. The maximum atomic E-state index is 15.1. The molecular weight excluding hydrogens is 614 g/mol. The average molecular weight is 643 g/mol. The Bertz CT molecular complexity index is 1520. The van der Waals surface area contributed by atoms with E-state index >= 15 is 4.39 Å². The number of nitrogens with zero attached hydrogens (tertiary/aromatic N) is 3. The first-order valence-corrected chi connectivity index (χ1v) is 15.1. The molecule has 12 nitrogen and oxygen atoms in total. The first-order valence-electron chi connectivity index (χ1n) is 12.4. The largest absolute Gasteiger partial charge is 0.490 e. The van der Waals surface area contributed by atoms with Crippen molar-refractivity contribution in [3.05, 3.63) is 46.7 Å². The molecule has 1 atom stereocenters. The second-order valence-electron chi connectivity index (χ2n) is 10.1. The monoisotopic (exact) mass is 642 g/mol. The van der Waals surface area contributed by atoms with Gasteiger partial charge in [0.25, 0.3) is 0 Å². The van der Waals surface area contributed by atoms with Crippen molar-refractivity contribution in [2.75, 3.05) is 13.2 Å². The topological polar surface area (TPSA) is 173 Å².